The first-order chi connectivity index (χ1) is 10.6. The summed E-state index contributed by atoms with van der Waals surface area (Å²) in [6.45, 7) is 5.19. The number of nitrogens with two attached hydrogens (primary N) is 1. The van der Waals surface area contributed by atoms with Gasteiger partial charge < -0.3 is 16.0 Å². The Morgan fingerprint density at radius 1 is 1.43 bits per heavy atom. The number of piperidine rings is 1. The van der Waals surface area contributed by atoms with E-state index >= 15 is 0 Å². The average Bonchev–Trinajstić information content (AvgIpc) is 2.51. The summed E-state index contributed by atoms with van der Waals surface area (Å²) in [6.07, 6.45) is 2.33. The molecule has 1 heterocycles. The number of benzene rings is 1. The Bertz CT molecular complexity index is 545. The first kappa shape index (κ1) is 20.2. The largest absolute Gasteiger partial charge is 0.370 e. The number of nitrogens with one attached hydrogen (secondary N) is 1. The molecule has 0 unspecified atom stereocenters. The zero-order chi connectivity index (χ0) is 15.9. The molecule has 0 atom stereocenters. The standard InChI is InChI=1S/C16H23BrN4O.HI/c1-12-5-9-21(10-6-12)16(18)20-8-7-19-15(22)13-3-2-4-14(17)11-13;/h2-4,11-12H,5-10H2,1H3,(H2,18,20)(H,19,22);1H. The summed E-state index contributed by atoms with van der Waals surface area (Å²) in [5.41, 5.74) is 6.63. The van der Waals surface area contributed by atoms with Crippen LogP contribution in [0.3, 0.4) is 0 Å². The van der Waals surface area contributed by atoms with Gasteiger partial charge in [-0.05, 0) is 37.0 Å². The van der Waals surface area contributed by atoms with E-state index in [1.54, 1.807) is 12.1 Å². The Labute approximate surface area is 163 Å². The first-order valence-corrected chi connectivity index (χ1v) is 8.44. The van der Waals surface area contributed by atoms with Gasteiger partial charge in [-0.3, -0.25) is 9.79 Å². The number of carbonyl (C=O) groups excluding carboxylic acids is 1. The first-order valence-electron chi connectivity index (χ1n) is 7.65. The molecule has 1 amide bonds. The molecule has 0 saturated carbocycles. The van der Waals surface area contributed by atoms with Crippen molar-refractivity contribution in [1.29, 1.82) is 0 Å². The van der Waals surface area contributed by atoms with E-state index in [1.807, 2.05) is 12.1 Å². The molecule has 0 radical (unpaired) electrons. The highest BCUT2D eigenvalue weighted by Crippen LogP contribution is 2.15. The van der Waals surface area contributed by atoms with Gasteiger partial charge in [0.1, 0.15) is 0 Å². The molecule has 0 aliphatic carbocycles. The third kappa shape index (κ3) is 6.66. The highest BCUT2D eigenvalue weighted by Gasteiger charge is 2.16. The zero-order valence-electron chi connectivity index (χ0n) is 13.3. The minimum atomic E-state index is -0.0955. The normalized spacial score (nSPS) is 15.9. The molecule has 1 fully saturated rings. The van der Waals surface area contributed by atoms with Crippen molar-refractivity contribution in [3.63, 3.8) is 0 Å². The SMILES string of the molecule is CC1CCN(C(N)=NCCNC(=O)c2cccc(Br)c2)CC1.I. The summed E-state index contributed by atoms with van der Waals surface area (Å²) in [4.78, 5) is 18.4. The monoisotopic (exact) mass is 494 g/mol. The maximum Gasteiger partial charge on any atom is 0.251 e. The lowest BCUT2D eigenvalue weighted by atomic mass is 10.00. The zero-order valence-corrected chi connectivity index (χ0v) is 17.2. The molecule has 1 saturated heterocycles. The summed E-state index contributed by atoms with van der Waals surface area (Å²) >= 11 is 3.36. The number of carbonyl (C=O) groups is 1. The number of halogens is 2. The molecule has 1 aliphatic heterocycles. The lowest BCUT2D eigenvalue weighted by Gasteiger charge is -2.31. The van der Waals surface area contributed by atoms with E-state index < -0.39 is 0 Å². The minimum Gasteiger partial charge on any atom is -0.370 e. The molecular formula is C16H24BrIN4O. The molecular weight excluding hydrogens is 471 g/mol. The van der Waals surface area contributed by atoms with Gasteiger partial charge in [0.2, 0.25) is 0 Å². The molecule has 1 aromatic carbocycles. The second kappa shape index (κ2) is 10.1. The summed E-state index contributed by atoms with van der Waals surface area (Å²) in [5, 5.41) is 2.85. The van der Waals surface area contributed by atoms with E-state index in [1.165, 1.54) is 0 Å². The Hall–Kier alpha value is -0.830. The van der Waals surface area contributed by atoms with Gasteiger partial charge in [0.15, 0.2) is 5.96 Å². The lowest BCUT2D eigenvalue weighted by molar-refractivity contribution is 0.0954. The number of nitrogens with zero attached hydrogens (tertiary/aromatic N) is 2. The summed E-state index contributed by atoms with van der Waals surface area (Å²) < 4.78 is 0.891. The van der Waals surface area contributed by atoms with Crippen molar-refractivity contribution in [3.8, 4) is 0 Å². The van der Waals surface area contributed by atoms with Crippen molar-refractivity contribution in [1.82, 2.24) is 10.2 Å². The molecule has 0 aromatic heterocycles. The summed E-state index contributed by atoms with van der Waals surface area (Å²) in [6, 6.07) is 7.31. The van der Waals surface area contributed by atoms with Crippen molar-refractivity contribution in [2.45, 2.75) is 19.8 Å². The number of aliphatic imine (C=N–C) groups is 1. The van der Waals surface area contributed by atoms with Crippen molar-refractivity contribution < 1.29 is 4.79 Å². The van der Waals surface area contributed by atoms with E-state index in [-0.39, 0.29) is 29.9 Å². The quantitative estimate of drug-likeness (QED) is 0.292. The van der Waals surface area contributed by atoms with Gasteiger partial charge >= 0.3 is 0 Å². The third-order valence-corrected chi connectivity index (χ3v) is 4.36. The maximum absolute atomic E-state index is 12.0. The van der Waals surface area contributed by atoms with Crippen LogP contribution in [-0.2, 0) is 0 Å². The van der Waals surface area contributed by atoms with Gasteiger partial charge in [-0.2, -0.15) is 0 Å². The average molecular weight is 495 g/mol. The fourth-order valence-electron chi connectivity index (χ4n) is 2.41. The molecule has 5 nitrogen and oxygen atoms in total. The Kier molecular flexibility index (Phi) is 8.90. The highest BCUT2D eigenvalue weighted by atomic mass is 127. The molecule has 23 heavy (non-hydrogen) atoms. The van der Waals surface area contributed by atoms with Crippen LogP contribution >= 0.6 is 39.9 Å². The van der Waals surface area contributed by atoms with Crippen molar-refractivity contribution >= 4 is 51.8 Å². The number of amides is 1. The van der Waals surface area contributed by atoms with E-state index in [9.17, 15) is 4.79 Å². The molecule has 1 aromatic rings. The molecule has 3 N–H and O–H groups in total. The van der Waals surface area contributed by atoms with Crippen LogP contribution in [0, 0.1) is 5.92 Å². The van der Waals surface area contributed by atoms with Crippen molar-refractivity contribution in [2.75, 3.05) is 26.2 Å². The van der Waals surface area contributed by atoms with Gasteiger partial charge in [-0.25, -0.2) is 0 Å². The van der Waals surface area contributed by atoms with E-state index in [4.69, 9.17) is 5.73 Å². The van der Waals surface area contributed by atoms with E-state index in [0.717, 1.165) is 36.3 Å². The number of rotatable bonds is 4. The molecule has 0 spiro atoms. The van der Waals surface area contributed by atoms with E-state index in [2.05, 4.69) is 38.1 Å². The summed E-state index contributed by atoms with van der Waals surface area (Å²) in [7, 11) is 0. The number of likely N-dealkylation sites (tertiary alicyclic amines) is 1. The minimum absolute atomic E-state index is 0. The number of hydrogen-bond acceptors (Lipinski definition) is 2. The highest BCUT2D eigenvalue weighted by molar-refractivity contribution is 14.0. The van der Waals surface area contributed by atoms with Gasteiger partial charge in [-0.1, -0.05) is 28.9 Å². The van der Waals surface area contributed by atoms with Crippen LogP contribution in [0.4, 0.5) is 0 Å². The van der Waals surface area contributed by atoms with Crippen molar-refractivity contribution in [3.05, 3.63) is 34.3 Å². The van der Waals surface area contributed by atoms with Crippen LogP contribution in [0.25, 0.3) is 0 Å². The summed E-state index contributed by atoms with van der Waals surface area (Å²) in [5.74, 6) is 1.26. The number of hydrogen-bond donors (Lipinski definition) is 2. The van der Waals surface area contributed by atoms with Gasteiger partial charge in [0.25, 0.3) is 5.91 Å². The van der Waals surface area contributed by atoms with Crippen LogP contribution < -0.4 is 11.1 Å². The van der Waals surface area contributed by atoms with Crippen LogP contribution in [-0.4, -0.2) is 42.9 Å². The smallest absolute Gasteiger partial charge is 0.251 e. The van der Waals surface area contributed by atoms with Gasteiger partial charge in [-0.15, -0.1) is 24.0 Å². The fourth-order valence-corrected chi connectivity index (χ4v) is 2.81. The topological polar surface area (TPSA) is 70.7 Å². The van der Waals surface area contributed by atoms with E-state index in [0.29, 0.717) is 24.6 Å². The third-order valence-electron chi connectivity index (χ3n) is 3.87. The molecule has 7 heteroatoms. The lowest BCUT2D eigenvalue weighted by Crippen LogP contribution is -2.42. The Morgan fingerprint density at radius 3 is 2.78 bits per heavy atom. The van der Waals surface area contributed by atoms with Gasteiger partial charge in [0.05, 0.1) is 6.54 Å². The van der Waals surface area contributed by atoms with Crippen LogP contribution in [0.2, 0.25) is 0 Å². The van der Waals surface area contributed by atoms with Crippen LogP contribution in [0.1, 0.15) is 30.1 Å². The Balaban J connectivity index is 0.00000264. The van der Waals surface area contributed by atoms with Crippen LogP contribution in [0.15, 0.2) is 33.7 Å². The van der Waals surface area contributed by atoms with Gasteiger partial charge in [0, 0.05) is 29.7 Å². The van der Waals surface area contributed by atoms with Crippen LogP contribution in [0.5, 0.6) is 0 Å². The fraction of sp³-hybridized carbons (Fsp3) is 0.500. The molecule has 128 valence electrons. The van der Waals surface area contributed by atoms with Crippen molar-refractivity contribution in [2.24, 2.45) is 16.6 Å². The predicted molar refractivity (Wildman–Crippen MR) is 108 cm³/mol. The predicted octanol–water partition coefficient (Wildman–Crippen LogP) is 2.84. The molecule has 2 rings (SSSR count). The second-order valence-electron chi connectivity index (χ2n) is 5.68. The molecule has 0 bridgehead atoms. The Morgan fingerprint density at radius 2 is 2.13 bits per heavy atom. The number of guanidine groups is 1. The second-order valence-corrected chi connectivity index (χ2v) is 6.59. The molecule has 1 aliphatic rings. The maximum atomic E-state index is 12.0.